The lowest BCUT2D eigenvalue weighted by Crippen LogP contribution is -2.39. The Bertz CT molecular complexity index is 1130. The minimum absolute atomic E-state index is 0.199. The van der Waals surface area contributed by atoms with E-state index in [2.05, 4.69) is 57.1 Å². The number of carbonyl (C=O) groups is 1. The average Bonchev–Trinajstić information content (AvgIpc) is 3.33. The molecule has 0 bridgehead atoms. The highest BCUT2D eigenvalue weighted by Gasteiger charge is 2.23. The molecule has 7 heteroatoms. The Hall–Kier alpha value is -2.38. The number of carbonyl (C=O) groups excluding carboxylic acids is 1. The third-order valence-corrected chi connectivity index (χ3v) is 7.50. The van der Waals surface area contributed by atoms with Crippen LogP contribution in [0.15, 0.2) is 59.8 Å². The average molecular weight is 423 g/mol. The molecule has 4 aromatic rings. The number of fused-ring (bicyclic) bond motifs is 3. The van der Waals surface area contributed by atoms with Crippen molar-refractivity contribution in [2.24, 2.45) is 5.92 Å². The van der Waals surface area contributed by atoms with Crippen molar-refractivity contribution in [1.82, 2.24) is 19.5 Å². The quantitative estimate of drug-likeness (QED) is 0.444. The Morgan fingerprint density at radius 3 is 2.62 bits per heavy atom. The van der Waals surface area contributed by atoms with Crippen LogP contribution in [0.25, 0.3) is 15.2 Å². The van der Waals surface area contributed by atoms with Crippen molar-refractivity contribution in [3.8, 4) is 0 Å². The number of piperidine rings is 1. The van der Waals surface area contributed by atoms with E-state index in [4.69, 9.17) is 0 Å². The highest BCUT2D eigenvalue weighted by molar-refractivity contribution is 7.99. The van der Waals surface area contributed by atoms with Gasteiger partial charge in [-0.15, -0.1) is 10.2 Å². The van der Waals surface area contributed by atoms with E-state index < -0.39 is 0 Å². The summed E-state index contributed by atoms with van der Waals surface area (Å²) in [7, 11) is 0. The Labute approximate surface area is 177 Å². The maximum absolute atomic E-state index is 12.7. The topological polar surface area (TPSA) is 50.5 Å². The van der Waals surface area contributed by atoms with Crippen molar-refractivity contribution < 1.29 is 4.79 Å². The van der Waals surface area contributed by atoms with Crippen LogP contribution in [0.1, 0.15) is 18.4 Å². The smallest absolute Gasteiger partial charge is 0.233 e. The van der Waals surface area contributed by atoms with E-state index >= 15 is 0 Å². The molecule has 2 aromatic heterocycles. The minimum atomic E-state index is 0.199. The largest absolute Gasteiger partial charge is 0.342 e. The standard InChI is InChI=1S/C22H22N4OS2/c27-20(25-12-10-17(11-13-25)14-16-6-2-1-3-7-16)15-28-21-23-24-22-26(21)18-8-4-5-9-19(18)29-22/h1-9,17H,10-15H2. The second kappa shape index (κ2) is 8.16. The normalized spacial score (nSPS) is 15.4. The number of aromatic nitrogens is 3. The molecule has 1 fully saturated rings. The third kappa shape index (κ3) is 3.89. The van der Waals surface area contributed by atoms with Gasteiger partial charge in [0.15, 0.2) is 5.16 Å². The number of thioether (sulfide) groups is 1. The number of thiazole rings is 1. The van der Waals surface area contributed by atoms with Gasteiger partial charge in [0.05, 0.1) is 16.0 Å². The van der Waals surface area contributed by atoms with E-state index in [1.54, 1.807) is 11.3 Å². The van der Waals surface area contributed by atoms with Crippen molar-refractivity contribution >= 4 is 44.2 Å². The van der Waals surface area contributed by atoms with Gasteiger partial charge < -0.3 is 4.90 Å². The summed E-state index contributed by atoms with van der Waals surface area (Å²) in [4.78, 5) is 15.6. The molecule has 29 heavy (non-hydrogen) atoms. The van der Waals surface area contributed by atoms with Crippen LogP contribution in [0.2, 0.25) is 0 Å². The Morgan fingerprint density at radius 2 is 1.79 bits per heavy atom. The fraction of sp³-hybridized carbons (Fsp3) is 0.318. The lowest BCUT2D eigenvalue weighted by molar-refractivity contribution is -0.129. The van der Waals surface area contributed by atoms with Gasteiger partial charge in [-0.2, -0.15) is 0 Å². The molecule has 0 spiro atoms. The third-order valence-electron chi connectivity index (χ3n) is 5.57. The van der Waals surface area contributed by atoms with E-state index in [0.29, 0.717) is 11.7 Å². The first kappa shape index (κ1) is 18.6. The van der Waals surface area contributed by atoms with Crippen LogP contribution in [0.3, 0.4) is 0 Å². The number of likely N-dealkylation sites (tertiary alicyclic amines) is 1. The summed E-state index contributed by atoms with van der Waals surface area (Å²) < 4.78 is 3.25. The monoisotopic (exact) mass is 422 g/mol. The molecule has 1 aliphatic heterocycles. The summed E-state index contributed by atoms with van der Waals surface area (Å²) >= 11 is 3.11. The van der Waals surface area contributed by atoms with Crippen LogP contribution in [0.4, 0.5) is 0 Å². The van der Waals surface area contributed by atoms with Crippen LogP contribution in [-0.2, 0) is 11.2 Å². The Balaban J connectivity index is 1.18. The molecule has 0 saturated carbocycles. The number of hydrogen-bond donors (Lipinski definition) is 0. The molecule has 0 unspecified atom stereocenters. The molecule has 5 rings (SSSR count). The number of hydrogen-bond acceptors (Lipinski definition) is 5. The lowest BCUT2D eigenvalue weighted by Gasteiger charge is -2.32. The number of para-hydroxylation sites is 1. The van der Waals surface area contributed by atoms with E-state index in [0.717, 1.165) is 48.0 Å². The molecule has 148 valence electrons. The molecule has 0 N–H and O–H groups in total. The first-order valence-corrected chi connectivity index (χ1v) is 11.8. The van der Waals surface area contributed by atoms with Gasteiger partial charge >= 0.3 is 0 Å². The van der Waals surface area contributed by atoms with Crippen LogP contribution < -0.4 is 0 Å². The van der Waals surface area contributed by atoms with Gasteiger partial charge in [-0.05, 0) is 42.9 Å². The van der Waals surface area contributed by atoms with Crippen molar-refractivity contribution in [3.05, 3.63) is 60.2 Å². The van der Waals surface area contributed by atoms with Crippen LogP contribution in [-0.4, -0.2) is 44.2 Å². The molecular weight excluding hydrogens is 400 g/mol. The van der Waals surface area contributed by atoms with Gasteiger partial charge in [0, 0.05) is 13.1 Å². The van der Waals surface area contributed by atoms with Crippen molar-refractivity contribution in [3.63, 3.8) is 0 Å². The Morgan fingerprint density at radius 1 is 1.03 bits per heavy atom. The van der Waals surface area contributed by atoms with Crippen LogP contribution in [0.5, 0.6) is 0 Å². The summed E-state index contributed by atoms with van der Waals surface area (Å²) in [5, 5.41) is 9.38. The number of benzene rings is 2. The van der Waals surface area contributed by atoms with E-state index in [1.165, 1.54) is 22.0 Å². The first-order valence-electron chi connectivity index (χ1n) is 9.95. The molecule has 5 nitrogen and oxygen atoms in total. The zero-order valence-electron chi connectivity index (χ0n) is 16.0. The predicted molar refractivity (Wildman–Crippen MR) is 119 cm³/mol. The van der Waals surface area contributed by atoms with Crippen molar-refractivity contribution in [2.75, 3.05) is 18.8 Å². The van der Waals surface area contributed by atoms with E-state index in [-0.39, 0.29) is 5.91 Å². The van der Waals surface area contributed by atoms with E-state index in [9.17, 15) is 4.79 Å². The number of amides is 1. The molecule has 1 amide bonds. The molecule has 3 heterocycles. The maximum Gasteiger partial charge on any atom is 0.233 e. The summed E-state index contributed by atoms with van der Waals surface area (Å²) in [5.74, 6) is 1.28. The number of nitrogens with zero attached hydrogens (tertiary/aromatic N) is 4. The van der Waals surface area contributed by atoms with Crippen LogP contribution >= 0.6 is 23.1 Å². The summed E-state index contributed by atoms with van der Waals surface area (Å²) in [6.07, 6.45) is 3.27. The summed E-state index contributed by atoms with van der Waals surface area (Å²) in [6, 6.07) is 18.9. The zero-order valence-corrected chi connectivity index (χ0v) is 17.7. The second-order valence-electron chi connectivity index (χ2n) is 7.47. The van der Waals surface area contributed by atoms with Gasteiger partial charge in [0.1, 0.15) is 0 Å². The SMILES string of the molecule is O=C(CSc1nnc2sc3ccccc3n12)N1CCC(Cc2ccccc2)CC1. The fourth-order valence-electron chi connectivity index (χ4n) is 4.00. The summed E-state index contributed by atoms with van der Waals surface area (Å²) in [6.45, 7) is 1.71. The van der Waals surface area contributed by atoms with Gasteiger partial charge in [0.2, 0.25) is 10.9 Å². The van der Waals surface area contributed by atoms with Crippen LogP contribution in [0, 0.1) is 5.92 Å². The predicted octanol–water partition coefficient (Wildman–Crippen LogP) is 4.52. The second-order valence-corrected chi connectivity index (χ2v) is 9.42. The molecule has 2 aromatic carbocycles. The van der Waals surface area contributed by atoms with E-state index in [1.807, 2.05) is 17.0 Å². The highest BCUT2D eigenvalue weighted by atomic mass is 32.2. The highest BCUT2D eigenvalue weighted by Crippen LogP contribution is 2.30. The molecule has 0 atom stereocenters. The van der Waals surface area contributed by atoms with Gasteiger partial charge in [-0.25, -0.2) is 0 Å². The van der Waals surface area contributed by atoms with Gasteiger partial charge in [-0.3, -0.25) is 9.20 Å². The molecule has 0 radical (unpaired) electrons. The number of rotatable bonds is 5. The molecule has 1 saturated heterocycles. The summed E-state index contributed by atoms with van der Waals surface area (Å²) in [5.41, 5.74) is 2.50. The molecule has 0 aliphatic carbocycles. The minimum Gasteiger partial charge on any atom is -0.342 e. The van der Waals surface area contributed by atoms with Crippen molar-refractivity contribution in [1.29, 1.82) is 0 Å². The maximum atomic E-state index is 12.7. The molecular formula is C22H22N4OS2. The fourth-order valence-corrected chi connectivity index (χ4v) is 5.87. The van der Waals surface area contributed by atoms with Gasteiger partial charge in [-0.1, -0.05) is 65.6 Å². The first-order chi connectivity index (χ1) is 14.3. The Kier molecular flexibility index (Phi) is 5.24. The zero-order chi connectivity index (χ0) is 19.6. The lowest BCUT2D eigenvalue weighted by atomic mass is 9.90. The van der Waals surface area contributed by atoms with Gasteiger partial charge in [0.25, 0.3) is 0 Å². The molecule has 1 aliphatic rings. The van der Waals surface area contributed by atoms with Crippen molar-refractivity contribution in [2.45, 2.75) is 24.4 Å².